The Bertz CT molecular complexity index is 703. The predicted molar refractivity (Wildman–Crippen MR) is 121 cm³/mol. The van der Waals surface area contributed by atoms with E-state index in [9.17, 15) is 0 Å². The van der Waals surface area contributed by atoms with Crippen LogP contribution in [0.3, 0.4) is 0 Å². The molecule has 0 spiro atoms. The van der Waals surface area contributed by atoms with Gasteiger partial charge in [-0.05, 0) is 55.5 Å². The number of ether oxygens (including phenoxy) is 2. The van der Waals surface area contributed by atoms with Crippen molar-refractivity contribution in [2.45, 2.75) is 51.6 Å². The van der Waals surface area contributed by atoms with E-state index >= 15 is 0 Å². The molecular weight excluding hydrogens is 358 g/mol. The average molecular weight is 396 g/mol. The van der Waals surface area contributed by atoms with Crippen molar-refractivity contribution in [2.75, 3.05) is 33.4 Å². The van der Waals surface area contributed by atoms with Gasteiger partial charge in [-0.25, -0.2) is 0 Å². The van der Waals surface area contributed by atoms with E-state index in [-0.39, 0.29) is 0 Å². The number of rotatable bonds is 11. The summed E-state index contributed by atoms with van der Waals surface area (Å²) in [7, 11) is 1.86. The van der Waals surface area contributed by atoms with Gasteiger partial charge < -0.3 is 14.4 Å². The first-order chi connectivity index (χ1) is 14.3. The van der Waals surface area contributed by atoms with E-state index in [0.717, 1.165) is 31.7 Å². The summed E-state index contributed by atoms with van der Waals surface area (Å²) in [5.41, 5.74) is 2.58. The number of nitrogens with zero attached hydrogens (tertiary/aromatic N) is 1. The van der Waals surface area contributed by atoms with E-state index < -0.39 is 0 Å². The highest BCUT2D eigenvalue weighted by Crippen LogP contribution is 2.26. The molecule has 0 aliphatic carbocycles. The lowest BCUT2D eigenvalue weighted by Gasteiger charge is -2.38. The summed E-state index contributed by atoms with van der Waals surface area (Å²) in [6, 6.07) is 19.0. The van der Waals surface area contributed by atoms with E-state index in [2.05, 4.69) is 66.4 Å². The summed E-state index contributed by atoms with van der Waals surface area (Å²) < 4.78 is 12.1. The van der Waals surface area contributed by atoms with Crippen molar-refractivity contribution in [1.29, 1.82) is 0 Å². The molecule has 1 saturated heterocycles. The van der Waals surface area contributed by atoms with Crippen LogP contribution in [0.25, 0.3) is 0 Å². The lowest BCUT2D eigenvalue weighted by Crippen LogP contribution is -2.45. The summed E-state index contributed by atoms with van der Waals surface area (Å²) in [4.78, 5) is 2.58. The lowest BCUT2D eigenvalue weighted by atomic mass is 9.90. The molecule has 3 heteroatoms. The normalized spacial score (nSPS) is 19.9. The third kappa shape index (κ3) is 6.87. The molecule has 3 nitrogen and oxygen atoms in total. The molecule has 1 heterocycles. The standard InChI is InChI=1S/C26H37NO2/c1-3-4-10-17-27-18-15-23(26(21-27)28-2)16-19-29-25-14-9-8-13-24(25)20-22-11-6-5-7-12-22/h5-9,11-14,23,26H,3-4,10,15-21H2,1-2H3/t23-,26-/m1/s1. The third-order valence-electron chi connectivity index (χ3n) is 6.12. The van der Waals surface area contributed by atoms with E-state index in [0.29, 0.717) is 12.0 Å². The number of hydrogen-bond donors (Lipinski definition) is 0. The monoisotopic (exact) mass is 395 g/mol. The molecule has 1 aliphatic rings. The summed E-state index contributed by atoms with van der Waals surface area (Å²) in [6.45, 7) is 6.49. The second-order valence-corrected chi connectivity index (χ2v) is 8.24. The van der Waals surface area contributed by atoms with Crippen molar-refractivity contribution in [3.63, 3.8) is 0 Å². The molecule has 0 aromatic heterocycles. The third-order valence-corrected chi connectivity index (χ3v) is 6.12. The summed E-state index contributed by atoms with van der Waals surface area (Å²) >= 11 is 0. The number of piperidine rings is 1. The van der Waals surface area contributed by atoms with Crippen LogP contribution in [0, 0.1) is 5.92 Å². The Morgan fingerprint density at radius 2 is 1.79 bits per heavy atom. The fourth-order valence-electron chi connectivity index (χ4n) is 4.34. The Morgan fingerprint density at radius 3 is 2.59 bits per heavy atom. The Kier molecular flexibility index (Phi) is 9.04. The first-order valence-electron chi connectivity index (χ1n) is 11.3. The van der Waals surface area contributed by atoms with Gasteiger partial charge in [0.1, 0.15) is 5.75 Å². The zero-order valence-electron chi connectivity index (χ0n) is 18.2. The maximum absolute atomic E-state index is 6.24. The van der Waals surface area contributed by atoms with Gasteiger partial charge in [-0.1, -0.05) is 68.3 Å². The van der Waals surface area contributed by atoms with Gasteiger partial charge in [0, 0.05) is 20.1 Å². The van der Waals surface area contributed by atoms with Crippen molar-refractivity contribution in [3.8, 4) is 5.75 Å². The summed E-state index contributed by atoms with van der Waals surface area (Å²) in [6.07, 6.45) is 7.42. The Balaban J connectivity index is 1.48. The molecule has 29 heavy (non-hydrogen) atoms. The SMILES string of the molecule is CCCCCN1CC[C@H](CCOc2ccccc2Cc2ccccc2)[C@H](OC)C1. The minimum Gasteiger partial charge on any atom is -0.493 e. The van der Waals surface area contributed by atoms with Crippen molar-refractivity contribution in [2.24, 2.45) is 5.92 Å². The van der Waals surface area contributed by atoms with Crippen LogP contribution in [-0.4, -0.2) is 44.4 Å². The van der Waals surface area contributed by atoms with Crippen LogP contribution in [0.5, 0.6) is 5.75 Å². The van der Waals surface area contributed by atoms with Gasteiger partial charge in [0.25, 0.3) is 0 Å². The molecule has 3 rings (SSSR count). The van der Waals surface area contributed by atoms with Gasteiger partial charge in [0.2, 0.25) is 0 Å². The second kappa shape index (κ2) is 12.0. The number of methoxy groups -OCH3 is 1. The molecule has 2 aromatic rings. The van der Waals surface area contributed by atoms with Gasteiger partial charge in [-0.15, -0.1) is 0 Å². The lowest BCUT2D eigenvalue weighted by molar-refractivity contribution is -0.0180. The van der Waals surface area contributed by atoms with E-state index in [1.165, 1.54) is 49.9 Å². The molecule has 158 valence electrons. The smallest absolute Gasteiger partial charge is 0.122 e. The fourth-order valence-corrected chi connectivity index (χ4v) is 4.34. The molecule has 0 unspecified atom stereocenters. The molecule has 0 N–H and O–H groups in total. The van der Waals surface area contributed by atoms with Crippen molar-refractivity contribution >= 4 is 0 Å². The van der Waals surface area contributed by atoms with Crippen LogP contribution in [0.1, 0.15) is 50.2 Å². The molecular formula is C26H37NO2. The van der Waals surface area contributed by atoms with Crippen LogP contribution in [-0.2, 0) is 11.2 Å². The van der Waals surface area contributed by atoms with Gasteiger partial charge in [0.15, 0.2) is 0 Å². The topological polar surface area (TPSA) is 21.7 Å². The zero-order valence-corrected chi connectivity index (χ0v) is 18.2. The van der Waals surface area contributed by atoms with Crippen molar-refractivity contribution < 1.29 is 9.47 Å². The highest BCUT2D eigenvalue weighted by atomic mass is 16.5. The maximum atomic E-state index is 6.24. The second-order valence-electron chi connectivity index (χ2n) is 8.24. The summed E-state index contributed by atoms with van der Waals surface area (Å²) in [5, 5.41) is 0. The zero-order chi connectivity index (χ0) is 20.3. The highest BCUT2D eigenvalue weighted by Gasteiger charge is 2.28. The van der Waals surface area contributed by atoms with Crippen LogP contribution >= 0.6 is 0 Å². The summed E-state index contributed by atoms with van der Waals surface area (Å²) in [5.74, 6) is 1.60. The van der Waals surface area contributed by atoms with Gasteiger partial charge in [0.05, 0.1) is 12.7 Å². The highest BCUT2D eigenvalue weighted by molar-refractivity contribution is 5.37. The number of para-hydroxylation sites is 1. The minimum atomic E-state index is 0.327. The molecule has 2 atom stereocenters. The maximum Gasteiger partial charge on any atom is 0.122 e. The Hall–Kier alpha value is -1.84. The number of hydrogen-bond acceptors (Lipinski definition) is 3. The van der Waals surface area contributed by atoms with Gasteiger partial charge in [-0.3, -0.25) is 0 Å². The van der Waals surface area contributed by atoms with Gasteiger partial charge in [-0.2, -0.15) is 0 Å². The van der Waals surface area contributed by atoms with E-state index in [1.807, 2.05) is 7.11 Å². The molecule has 0 radical (unpaired) electrons. The molecule has 0 saturated carbocycles. The quantitative estimate of drug-likeness (QED) is 0.464. The van der Waals surface area contributed by atoms with Crippen LogP contribution in [0.4, 0.5) is 0 Å². The number of unbranched alkanes of at least 4 members (excludes halogenated alkanes) is 2. The van der Waals surface area contributed by atoms with E-state index in [4.69, 9.17) is 9.47 Å². The Labute approximate surface area is 177 Å². The van der Waals surface area contributed by atoms with Crippen LogP contribution < -0.4 is 4.74 Å². The largest absolute Gasteiger partial charge is 0.493 e. The molecule has 0 amide bonds. The molecule has 2 aromatic carbocycles. The first kappa shape index (κ1) is 21.9. The average Bonchev–Trinajstić information content (AvgIpc) is 2.76. The predicted octanol–water partition coefficient (Wildman–Crippen LogP) is 5.57. The minimum absolute atomic E-state index is 0.327. The number of likely N-dealkylation sites (tertiary alicyclic amines) is 1. The Morgan fingerprint density at radius 1 is 1.00 bits per heavy atom. The fraction of sp³-hybridized carbons (Fsp3) is 0.538. The van der Waals surface area contributed by atoms with Crippen LogP contribution in [0.15, 0.2) is 54.6 Å². The molecule has 1 fully saturated rings. The number of benzene rings is 2. The van der Waals surface area contributed by atoms with E-state index in [1.54, 1.807) is 0 Å². The molecule has 0 bridgehead atoms. The molecule has 1 aliphatic heterocycles. The first-order valence-corrected chi connectivity index (χ1v) is 11.3. The van der Waals surface area contributed by atoms with Crippen molar-refractivity contribution in [1.82, 2.24) is 4.90 Å². The van der Waals surface area contributed by atoms with Gasteiger partial charge >= 0.3 is 0 Å². The van der Waals surface area contributed by atoms with Crippen LogP contribution in [0.2, 0.25) is 0 Å². The van der Waals surface area contributed by atoms with Crippen molar-refractivity contribution in [3.05, 3.63) is 65.7 Å².